The molecule has 0 bridgehead atoms. The van der Waals surface area contributed by atoms with E-state index >= 15 is 0 Å². The number of benzene rings is 2. The Morgan fingerprint density at radius 3 is 1.91 bits per heavy atom. The van der Waals surface area contributed by atoms with Crippen molar-refractivity contribution >= 4 is 22.2 Å². The van der Waals surface area contributed by atoms with Gasteiger partial charge in [-0.25, -0.2) is 8.42 Å². The molecule has 0 aliphatic carbocycles. The van der Waals surface area contributed by atoms with Crippen LogP contribution in [-0.4, -0.2) is 56.0 Å². The minimum Gasteiger partial charge on any atom is -0.340 e. The van der Waals surface area contributed by atoms with Crippen LogP contribution in [0.2, 0.25) is 0 Å². The van der Waals surface area contributed by atoms with E-state index in [2.05, 4.69) is 0 Å². The minimum absolute atomic E-state index is 0.0573. The van der Waals surface area contributed by atoms with Gasteiger partial charge in [0, 0.05) is 31.7 Å². The molecule has 2 aromatic carbocycles. The number of carbonyl (C=O) groups excluding carboxylic acids is 2. The second kappa shape index (κ2) is 9.37. The summed E-state index contributed by atoms with van der Waals surface area (Å²) in [6.07, 6.45) is -9.43. The monoisotopic (exact) mass is 508 g/mol. The van der Waals surface area contributed by atoms with Crippen LogP contribution in [0, 0.1) is 0 Å². The lowest BCUT2D eigenvalue weighted by atomic mass is 10.1. The second-order valence-electron chi connectivity index (χ2n) is 7.56. The van der Waals surface area contributed by atoms with Crippen LogP contribution in [0.25, 0.3) is 0 Å². The molecule has 1 amide bonds. The van der Waals surface area contributed by atoms with Gasteiger partial charge in [0.2, 0.25) is 15.9 Å². The molecule has 34 heavy (non-hydrogen) atoms. The van der Waals surface area contributed by atoms with Crippen LogP contribution >= 0.6 is 0 Å². The summed E-state index contributed by atoms with van der Waals surface area (Å²) in [6.45, 7) is -0.516. The number of nitrogens with zero attached hydrogens (tertiary/aromatic N) is 2. The fraction of sp³-hybridized carbons (Fsp3) is 0.333. The molecule has 0 atom stereocenters. The van der Waals surface area contributed by atoms with Crippen molar-refractivity contribution in [3.05, 3.63) is 64.7 Å². The van der Waals surface area contributed by atoms with Crippen molar-refractivity contribution < 1.29 is 44.3 Å². The first kappa shape index (κ1) is 25.7. The van der Waals surface area contributed by atoms with E-state index in [0.29, 0.717) is 17.7 Å². The maximum absolute atomic E-state index is 13.1. The maximum atomic E-state index is 13.1. The summed E-state index contributed by atoms with van der Waals surface area (Å²) in [4.78, 5) is 24.1. The van der Waals surface area contributed by atoms with Crippen molar-refractivity contribution in [3.63, 3.8) is 0 Å². The number of carbonyl (C=O) groups is 2. The van der Waals surface area contributed by atoms with Crippen LogP contribution in [0.15, 0.2) is 47.4 Å². The summed E-state index contributed by atoms with van der Waals surface area (Å²) < 4.78 is 104. The molecule has 0 saturated carbocycles. The number of hydrogen-bond acceptors (Lipinski definition) is 4. The Balaban J connectivity index is 1.68. The van der Waals surface area contributed by atoms with E-state index in [0.717, 1.165) is 22.5 Å². The number of alkyl halides is 6. The van der Waals surface area contributed by atoms with Gasteiger partial charge >= 0.3 is 12.4 Å². The van der Waals surface area contributed by atoms with Gasteiger partial charge in [-0.05, 0) is 35.9 Å². The molecule has 1 aliphatic rings. The van der Waals surface area contributed by atoms with Gasteiger partial charge in [0.1, 0.15) is 6.29 Å². The lowest BCUT2D eigenvalue weighted by Gasteiger charge is -2.34. The largest absolute Gasteiger partial charge is 0.416 e. The van der Waals surface area contributed by atoms with Crippen LogP contribution in [0.5, 0.6) is 0 Å². The van der Waals surface area contributed by atoms with Gasteiger partial charge in [-0.2, -0.15) is 30.6 Å². The SMILES string of the molecule is O=Cc1cc(C(F)(F)F)cc(S(=O)(=O)N2CCN(C(=O)Cc3ccc(C(F)(F)F)cc3)CC2)c1. The lowest BCUT2D eigenvalue weighted by molar-refractivity contribution is -0.138. The van der Waals surface area contributed by atoms with Crippen molar-refractivity contribution in [2.45, 2.75) is 23.7 Å². The van der Waals surface area contributed by atoms with Crippen molar-refractivity contribution in [1.29, 1.82) is 0 Å². The highest BCUT2D eigenvalue weighted by atomic mass is 32.2. The molecule has 0 unspecified atom stereocenters. The Bertz CT molecular complexity index is 1170. The maximum Gasteiger partial charge on any atom is 0.416 e. The Kier molecular flexibility index (Phi) is 7.08. The standard InChI is InChI=1S/C21H18F6N2O4S/c22-20(23,24)16-3-1-14(2-4-16)11-19(31)28-5-7-29(8-6-28)34(32,33)18-10-15(13-30)9-17(12-18)21(25,26)27/h1-4,9-10,12-13H,5-8,11H2. The number of rotatable bonds is 5. The number of halogens is 6. The number of aldehydes is 1. The van der Waals surface area contributed by atoms with Crippen molar-refractivity contribution in [3.8, 4) is 0 Å². The molecule has 1 fully saturated rings. The average Bonchev–Trinajstić information content (AvgIpc) is 2.78. The zero-order valence-electron chi connectivity index (χ0n) is 17.4. The van der Waals surface area contributed by atoms with E-state index in [1.54, 1.807) is 0 Å². The highest BCUT2D eigenvalue weighted by molar-refractivity contribution is 7.89. The fourth-order valence-electron chi connectivity index (χ4n) is 3.43. The van der Waals surface area contributed by atoms with Crippen molar-refractivity contribution in [2.75, 3.05) is 26.2 Å². The molecule has 6 nitrogen and oxygen atoms in total. The predicted octanol–water partition coefficient (Wildman–Crippen LogP) is 3.61. The Morgan fingerprint density at radius 2 is 1.41 bits per heavy atom. The third-order valence-electron chi connectivity index (χ3n) is 5.26. The van der Waals surface area contributed by atoms with E-state index in [4.69, 9.17) is 0 Å². The predicted molar refractivity (Wildman–Crippen MR) is 107 cm³/mol. The number of amides is 1. The van der Waals surface area contributed by atoms with Gasteiger partial charge in [-0.3, -0.25) is 9.59 Å². The minimum atomic E-state index is -4.85. The number of piperazine rings is 1. The van der Waals surface area contributed by atoms with Gasteiger partial charge < -0.3 is 4.90 Å². The summed E-state index contributed by atoms with van der Waals surface area (Å²) in [5, 5.41) is 0. The van der Waals surface area contributed by atoms with Crippen LogP contribution in [0.4, 0.5) is 26.3 Å². The van der Waals surface area contributed by atoms with Crippen LogP contribution in [-0.2, 0) is 33.6 Å². The lowest BCUT2D eigenvalue weighted by Crippen LogP contribution is -2.50. The summed E-state index contributed by atoms with van der Waals surface area (Å²) in [6, 6.07) is 5.92. The van der Waals surface area contributed by atoms with Gasteiger partial charge in [0.25, 0.3) is 0 Å². The molecule has 1 heterocycles. The van der Waals surface area contributed by atoms with E-state index in [1.165, 1.54) is 17.0 Å². The van der Waals surface area contributed by atoms with Gasteiger partial charge in [-0.1, -0.05) is 12.1 Å². The molecule has 2 aromatic rings. The van der Waals surface area contributed by atoms with Crippen LogP contribution in [0.3, 0.4) is 0 Å². The molecule has 0 aromatic heterocycles. The number of sulfonamides is 1. The molecule has 0 N–H and O–H groups in total. The topological polar surface area (TPSA) is 74.8 Å². The first-order valence-electron chi connectivity index (χ1n) is 9.83. The normalized spacial score (nSPS) is 15.9. The molecule has 1 aliphatic heterocycles. The summed E-state index contributed by atoms with van der Waals surface area (Å²) in [7, 11) is -4.37. The fourth-order valence-corrected chi connectivity index (χ4v) is 4.93. The molecule has 0 radical (unpaired) electrons. The van der Waals surface area contributed by atoms with E-state index in [9.17, 15) is 44.3 Å². The highest BCUT2D eigenvalue weighted by Crippen LogP contribution is 2.32. The number of hydrogen-bond donors (Lipinski definition) is 0. The summed E-state index contributed by atoms with van der Waals surface area (Å²) in [5.41, 5.74) is -2.23. The van der Waals surface area contributed by atoms with Crippen molar-refractivity contribution in [2.24, 2.45) is 0 Å². The van der Waals surface area contributed by atoms with Gasteiger partial charge in [0.15, 0.2) is 0 Å². The van der Waals surface area contributed by atoms with Crippen LogP contribution in [0.1, 0.15) is 27.0 Å². The molecule has 0 spiro atoms. The summed E-state index contributed by atoms with van der Waals surface area (Å²) in [5.74, 6) is -0.431. The zero-order valence-corrected chi connectivity index (χ0v) is 18.2. The Morgan fingerprint density at radius 1 is 0.853 bits per heavy atom. The second-order valence-corrected chi connectivity index (χ2v) is 9.50. The summed E-state index contributed by atoms with van der Waals surface area (Å²) >= 11 is 0. The Hall–Kier alpha value is -2.93. The molecular formula is C21H18F6N2O4S. The third-order valence-corrected chi connectivity index (χ3v) is 7.13. The first-order valence-corrected chi connectivity index (χ1v) is 11.3. The Labute approximate surface area is 190 Å². The quantitative estimate of drug-likeness (QED) is 0.457. The molecule has 13 heteroatoms. The molecule has 3 rings (SSSR count). The van der Waals surface area contributed by atoms with Gasteiger partial charge in [-0.15, -0.1) is 0 Å². The van der Waals surface area contributed by atoms with E-state index < -0.39 is 49.9 Å². The first-order chi connectivity index (χ1) is 15.7. The van der Waals surface area contributed by atoms with Gasteiger partial charge in [0.05, 0.1) is 22.4 Å². The molecule has 1 saturated heterocycles. The third kappa shape index (κ3) is 5.76. The van der Waals surface area contributed by atoms with E-state index in [-0.39, 0.29) is 38.9 Å². The van der Waals surface area contributed by atoms with E-state index in [1.807, 2.05) is 0 Å². The highest BCUT2D eigenvalue weighted by Gasteiger charge is 2.35. The smallest absolute Gasteiger partial charge is 0.340 e. The van der Waals surface area contributed by atoms with Crippen molar-refractivity contribution in [1.82, 2.24) is 9.21 Å². The molecule has 184 valence electrons. The molecular weight excluding hydrogens is 490 g/mol. The zero-order chi connectivity index (χ0) is 25.3. The van der Waals surface area contributed by atoms with Crippen LogP contribution < -0.4 is 0 Å². The average molecular weight is 508 g/mol.